The Morgan fingerprint density at radius 1 is 1.30 bits per heavy atom. The highest BCUT2D eigenvalue weighted by molar-refractivity contribution is 6.02. The number of carbonyl (C=O) groups is 1. The van der Waals surface area contributed by atoms with Crippen LogP contribution in [-0.4, -0.2) is 23.2 Å². The first-order chi connectivity index (χ1) is 9.49. The molecule has 1 aromatic carbocycles. The number of hydrogen-bond donors (Lipinski definition) is 1. The molecular weight excluding hydrogens is 254 g/mol. The van der Waals surface area contributed by atoms with Gasteiger partial charge in [0.05, 0.1) is 12.3 Å². The van der Waals surface area contributed by atoms with Gasteiger partial charge in [0.25, 0.3) is 5.91 Å². The number of rotatable bonds is 5. The van der Waals surface area contributed by atoms with Crippen molar-refractivity contribution in [2.45, 2.75) is 52.2 Å². The molecule has 0 aromatic heterocycles. The topological polar surface area (TPSA) is 49.8 Å². The molecule has 0 aliphatic carbocycles. The van der Waals surface area contributed by atoms with E-state index in [-0.39, 0.29) is 12.5 Å². The van der Waals surface area contributed by atoms with E-state index in [9.17, 15) is 9.90 Å². The summed E-state index contributed by atoms with van der Waals surface area (Å²) in [7, 11) is 0. The van der Waals surface area contributed by atoms with E-state index in [0.29, 0.717) is 12.3 Å². The number of ether oxygens (including phenoxy) is 1. The Labute approximate surface area is 120 Å². The average Bonchev–Trinajstić information content (AvgIpc) is 2.42. The first-order valence-electron chi connectivity index (χ1n) is 7.24. The van der Waals surface area contributed by atoms with Crippen LogP contribution in [0.3, 0.4) is 0 Å². The highest BCUT2D eigenvalue weighted by Crippen LogP contribution is 2.38. The molecule has 1 amide bonds. The second-order valence-electron chi connectivity index (χ2n) is 5.74. The molecule has 0 atom stereocenters. The summed E-state index contributed by atoms with van der Waals surface area (Å²) in [5.41, 5.74) is 0.748. The zero-order valence-electron chi connectivity index (χ0n) is 12.5. The Morgan fingerprint density at radius 2 is 2.05 bits per heavy atom. The van der Waals surface area contributed by atoms with Crippen LogP contribution in [0, 0.1) is 0 Å². The molecule has 0 fully saturated rings. The monoisotopic (exact) mass is 277 g/mol. The van der Waals surface area contributed by atoms with E-state index in [4.69, 9.17) is 4.74 Å². The lowest BCUT2D eigenvalue weighted by Gasteiger charge is -2.39. The standard InChI is InChI=1S/C16H23NO3/c1-4-5-6-9-17-13-8-7-12(11-18)10-14(13)20-16(2,3)15(17)19/h7-8,10,18H,4-6,9,11H2,1-3H3. The van der Waals surface area contributed by atoms with Crippen LogP contribution < -0.4 is 9.64 Å². The third-order valence-electron chi connectivity index (χ3n) is 3.61. The lowest BCUT2D eigenvalue weighted by molar-refractivity contribution is -0.132. The molecule has 0 spiro atoms. The van der Waals surface area contributed by atoms with Crippen molar-refractivity contribution in [2.75, 3.05) is 11.4 Å². The van der Waals surface area contributed by atoms with Crippen molar-refractivity contribution in [1.82, 2.24) is 0 Å². The fraction of sp³-hybridized carbons (Fsp3) is 0.562. The maximum Gasteiger partial charge on any atom is 0.270 e. The van der Waals surface area contributed by atoms with Gasteiger partial charge in [0.2, 0.25) is 0 Å². The lowest BCUT2D eigenvalue weighted by atomic mass is 10.0. The highest BCUT2D eigenvalue weighted by atomic mass is 16.5. The average molecular weight is 277 g/mol. The third kappa shape index (κ3) is 2.80. The van der Waals surface area contributed by atoms with E-state index in [1.54, 1.807) is 13.8 Å². The van der Waals surface area contributed by atoms with Gasteiger partial charge >= 0.3 is 0 Å². The summed E-state index contributed by atoms with van der Waals surface area (Å²) in [6, 6.07) is 5.51. The van der Waals surface area contributed by atoms with Crippen LogP contribution in [0.15, 0.2) is 18.2 Å². The first-order valence-corrected chi connectivity index (χ1v) is 7.24. The van der Waals surface area contributed by atoms with Crippen LogP contribution in [0.2, 0.25) is 0 Å². The first kappa shape index (κ1) is 14.9. The number of carbonyl (C=O) groups excluding carboxylic acids is 1. The number of hydrogen-bond acceptors (Lipinski definition) is 3. The van der Waals surface area contributed by atoms with Gasteiger partial charge in [-0.05, 0) is 38.0 Å². The van der Waals surface area contributed by atoms with Gasteiger partial charge in [0.15, 0.2) is 5.60 Å². The summed E-state index contributed by atoms with van der Waals surface area (Å²) in [6.45, 7) is 6.41. The number of anilines is 1. The molecule has 0 bridgehead atoms. The minimum Gasteiger partial charge on any atom is -0.476 e. The molecule has 4 heteroatoms. The Bertz CT molecular complexity index is 496. The van der Waals surface area contributed by atoms with Crippen LogP contribution in [0.4, 0.5) is 5.69 Å². The highest BCUT2D eigenvalue weighted by Gasteiger charge is 2.40. The molecular formula is C16H23NO3. The molecule has 0 radical (unpaired) electrons. The van der Waals surface area contributed by atoms with Gasteiger partial charge in [-0.25, -0.2) is 0 Å². The molecule has 1 heterocycles. The largest absolute Gasteiger partial charge is 0.476 e. The van der Waals surface area contributed by atoms with Crippen LogP contribution in [0.5, 0.6) is 5.75 Å². The van der Waals surface area contributed by atoms with Crippen LogP contribution in [0.25, 0.3) is 0 Å². The van der Waals surface area contributed by atoms with Gasteiger partial charge in [-0.2, -0.15) is 0 Å². The number of unbranched alkanes of at least 4 members (excludes halogenated alkanes) is 2. The molecule has 4 nitrogen and oxygen atoms in total. The van der Waals surface area contributed by atoms with E-state index in [0.717, 1.165) is 30.5 Å². The predicted molar refractivity (Wildman–Crippen MR) is 78.9 cm³/mol. The van der Waals surface area contributed by atoms with Gasteiger partial charge in [-0.3, -0.25) is 4.79 Å². The van der Waals surface area contributed by atoms with Crippen LogP contribution >= 0.6 is 0 Å². The van der Waals surface area contributed by atoms with Gasteiger partial charge < -0.3 is 14.7 Å². The minimum absolute atomic E-state index is 0.00199. The van der Waals surface area contributed by atoms with Crippen molar-refractivity contribution >= 4 is 11.6 Å². The normalized spacial score (nSPS) is 16.8. The van der Waals surface area contributed by atoms with Crippen LogP contribution in [0.1, 0.15) is 45.6 Å². The predicted octanol–water partition coefficient (Wildman–Crippen LogP) is 2.87. The molecule has 0 unspecified atom stereocenters. The molecule has 1 N–H and O–H groups in total. The maximum absolute atomic E-state index is 12.5. The summed E-state index contributed by atoms with van der Waals surface area (Å²) < 4.78 is 5.81. The molecule has 1 aliphatic rings. The Kier molecular flexibility index (Phi) is 4.33. The van der Waals surface area contributed by atoms with Gasteiger partial charge in [0.1, 0.15) is 5.75 Å². The van der Waals surface area contributed by atoms with Crippen LogP contribution in [-0.2, 0) is 11.4 Å². The molecule has 1 aromatic rings. The summed E-state index contributed by atoms with van der Waals surface area (Å²) >= 11 is 0. The summed E-state index contributed by atoms with van der Waals surface area (Å²) in [6.07, 6.45) is 3.22. The van der Waals surface area contributed by atoms with E-state index in [1.807, 2.05) is 23.1 Å². The van der Waals surface area contributed by atoms with E-state index < -0.39 is 5.60 Å². The molecule has 110 valence electrons. The molecule has 0 saturated carbocycles. The Hall–Kier alpha value is -1.55. The minimum atomic E-state index is -0.854. The fourth-order valence-electron chi connectivity index (χ4n) is 2.46. The van der Waals surface area contributed by atoms with Crippen molar-refractivity contribution in [1.29, 1.82) is 0 Å². The third-order valence-corrected chi connectivity index (χ3v) is 3.61. The number of nitrogens with zero attached hydrogens (tertiary/aromatic N) is 1. The Morgan fingerprint density at radius 3 is 2.70 bits per heavy atom. The molecule has 0 saturated heterocycles. The van der Waals surface area contributed by atoms with E-state index in [2.05, 4.69) is 6.92 Å². The van der Waals surface area contributed by atoms with Crippen molar-refractivity contribution in [2.24, 2.45) is 0 Å². The van der Waals surface area contributed by atoms with Gasteiger partial charge in [-0.1, -0.05) is 25.8 Å². The van der Waals surface area contributed by atoms with Crippen molar-refractivity contribution in [3.8, 4) is 5.75 Å². The summed E-state index contributed by atoms with van der Waals surface area (Å²) in [5, 5.41) is 9.22. The van der Waals surface area contributed by atoms with Gasteiger partial charge in [-0.15, -0.1) is 0 Å². The summed E-state index contributed by atoms with van der Waals surface area (Å²) in [5.74, 6) is 0.676. The smallest absolute Gasteiger partial charge is 0.270 e. The number of aliphatic hydroxyl groups excluding tert-OH is 1. The second kappa shape index (κ2) is 5.83. The van der Waals surface area contributed by atoms with E-state index in [1.165, 1.54) is 0 Å². The number of fused-ring (bicyclic) bond motifs is 1. The zero-order chi connectivity index (χ0) is 14.8. The zero-order valence-corrected chi connectivity index (χ0v) is 12.5. The van der Waals surface area contributed by atoms with Crippen molar-refractivity contribution < 1.29 is 14.6 Å². The molecule has 20 heavy (non-hydrogen) atoms. The quantitative estimate of drug-likeness (QED) is 0.842. The SMILES string of the molecule is CCCCCN1C(=O)C(C)(C)Oc2cc(CO)ccc21. The number of amides is 1. The van der Waals surface area contributed by atoms with E-state index >= 15 is 0 Å². The Balaban J connectivity index is 2.33. The van der Waals surface area contributed by atoms with Crippen molar-refractivity contribution in [3.63, 3.8) is 0 Å². The van der Waals surface area contributed by atoms with Crippen molar-refractivity contribution in [3.05, 3.63) is 23.8 Å². The summed E-state index contributed by atoms with van der Waals surface area (Å²) in [4.78, 5) is 14.3. The number of aliphatic hydroxyl groups is 1. The molecule has 2 rings (SSSR count). The van der Waals surface area contributed by atoms with Gasteiger partial charge in [0, 0.05) is 6.54 Å². The second-order valence-corrected chi connectivity index (χ2v) is 5.74. The number of benzene rings is 1. The molecule has 1 aliphatic heterocycles. The fourth-order valence-corrected chi connectivity index (χ4v) is 2.46. The lowest BCUT2D eigenvalue weighted by Crippen LogP contribution is -2.52. The maximum atomic E-state index is 12.5.